The summed E-state index contributed by atoms with van der Waals surface area (Å²) >= 11 is 1.45. The number of rotatable bonds is 6. The van der Waals surface area contributed by atoms with Gasteiger partial charge in [0.15, 0.2) is 0 Å². The number of hydrazone groups is 1. The molecule has 0 saturated carbocycles. The third kappa shape index (κ3) is 4.92. The van der Waals surface area contributed by atoms with Crippen molar-refractivity contribution < 1.29 is 9.72 Å². The van der Waals surface area contributed by atoms with Crippen molar-refractivity contribution in [2.45, 2.75) is 24.0 Å². The molecule has 7 heteroatoms. The predicted octanol–water partition coefficient (Wildman–Crippen LogP) is 3.62. The average molecular weight is 343 g/mol. The van der Waals surface area contributed by atoms with Crippen LogP contribution in [0.5, 0.6) is 0 Å². The smallest absolute Gasteiger partial charge is 0.269 e. The molecule has 0 aliphatic carbocycles. The summed E-state index contributed by atoms with van der Waals surface area (Å²) < 4.78 is 0. The molecule has 0 aliphatic heterocycles. The topological polar surface area (TPSA) is 84.6 Å². The van der Waals surface area contributed by atoms with Crippen molar-refractivity contribution in [3.8, 4) is 0 Å². The van der Waals surface area contributed by atoms with E-state index >= 15 is 0 Å². The largest absolute Gasteiger partial charge is 0.272 e. The molecule has 2 aromatic carbocycles. The van der Waals surface area contributed by atoms with E-state index in [-0.39, 0.29) is 16.8 Å². The fourth-order valence-corrected chi connectivity index (χ4v) is 2.76. The summed E-state index contributed by atoms with van der Waals surface area (Å²) in [7, 11) is 0. The van der Waals surface area contributed by atoms with Crippen molar-refractivity contribution in [3.05, 3.63) is 70.3 Å². The third-order valence-corrected chi connectivity index (χ3v) is 4.37. The molecule has 0 bridgehead atoms. The van der Waals surface area contributed by atoms with Gasteiger partial charge in [-0.15, -0.1) is 11.8 Å². The number of nitrogens with zero attached hydrogens (tertiary/aromatic N) is 2. The van der Waals surface area contributed by atoms with Crippen molar-refractivity contribution in [2.24, 2.45) is 5.10 Å². The van der Waals surface area contributed by atoms with Gasteiger partial charge in [-0.1, -0.05) is 18.2 Å². The first-order valence-corrected chi connectivity index (χ1v) is 8.16. The van der Waals surface area contributed by atoms with Gasteiger partial charge >= 0.3 is 0 Å². The molecule has 1 atom stereocenters. The van der Waals surface area contributed by atoms with E-state index in [2.05, 4.69) is 10.5 Å². The van der Waals surface area contributed by atoms with Crippen LogP contribution in [0.15, 0.2) is 64.6 Å². The van der Waals surface area contributed by atoms with Crippen LogP contribution in [-0.2, 0) is 4.79 Å². The minimum atomic E-state index is -0.458. The quantitative estimate of drug-likeness (QED) is 0.376. The molecule has 0 aromatic heterocycles. The van der Waals surface area contributed by atoms with E-state index in [0.717, 1.165) is 4.90 Å². The van der Waals surface area contributed by atoms with E-state index in [4.69, 9.17) is 0 Å². The van der Waals surface area contributed by atoms with E-state index in [1.165, 1.54) is 23.9 Å². The molecule has 24 heavy (non-hydrogen) atoms. The van der Waals surface area contributed by atoms with Gasteiger partial charge in [-0.2, -0.15) is 5.10 Å². The zero-order valence-corrected chi connectivity index (χ0v) is 14.1. The summed E-state index contributed by atoms with van der Waals surface area (Å²) in [6, 6.07) is 15.7. The second kappa shape index (κ2) is 8.26. The highest BCUT2D eigenvalue weighted by Gasteiger charge is 2.14. The zero-order chi connectivity index (χ0) is 17.5. The van der Waals surface area contributed by atoms with Gasteiger partial charge in [0.05, 0.1) is 15.9 Å². The van der Waals surface area contributed by atoms with Crippen molar-refractivity contribution in [2.75, 3.05) is 0 Å². The fourth-order valence-electron chi connectivity index (χ4n) is 1.88. The Kier molecular flexibility index (Phi) is 6.08. The summed E-state index contributed by atoms with van der Waals surface area (Å²) in [6.07, 6.45) is 0. The maximum Gasteiger partial charge on any atom is 0.269 e. The summed E-state index contributed by atoms with van der Waals surface area (Å²) in [5.74, 6) is -0.204. The molecule has 1 N–H and O–H groups in total. The normalized spacial score (nSPS) is 12.5. The molecule has 0 saturated heterocycles. The van der Waals surface area contributed by atoms with E-state index in [9.17, 15) is 14.9 Å². The highest BCUT2D eigenvalue weighted by Crippen LogP contribution is 2.22. The maximum absolute atomic E-state index is 12.1. The Hall–Kier alpha value is -2.67. The van der Waals surface area contributed by atoms with Gasteiger partial charge in [0.2, 0.25) is 0 Å². The van der Waals surface area contributed by atoms with Gasteiger partial charge in [0.25, 0.3) is 11.6 Å². The van der Waals surface area contributed by atoms with Gasteiger partial charge in [-0.3, -0.25) is 14.9 Å². The van der Waals surface area contributed by atoms with E-state index in [1.807, 2.05) is 37.3 Å². The Labute approximate surface area is 144 Å². The number of carbonyl (C=O) groups is 1. The predicted molar refractivity (Wildman–Crippen MR) is 95.2 cm³/mol. The van der Waals surface area contributed by atoms with Crippen LogP contribution in [0.1, 0.15) is 19.4 Å². The molecular formula is C17H17N3O3S. The Morgan fingerprint density at radius 2 is 1.79 bits per heavy atom. The fraction of sp³-hybridized carbons (Fsp3) is 0.176. The van der Waals surface area contributed by atoms with Gasteiger partial charge in [-0.25, -0.2) is 5.43 Å². The number of carbonyl (C=O) groups excluding carboxylic acids is 1. The van der Waals surface area contributed by atoms with Crippen LogP contribution in [0.3, 0.4) is 0 Å². The minimum absolute atomic E-state index is 0.0171. The number of thioether (sulfide) groups is 1. The molecule has 0 heterocycles. The monoisotopic (exact) mass is 343 g/mol. The molecule has 124 valence electrons. The summed E-state index contributed by atoms with van der Waals surface area (Å²) in [4.78, 5) is 23.3. The lowest BCUT2D eigenvalue weighted by molar-refractivity contribution is -0.384. The Morgan fingerprint density at radius 1 is 1.17 bits per heavy atom. The van der Waals surface area contributed by atoms with E-state index in [1.54, 1.807) is 19.1 Å². The molecule has 1 amide bonds. The second-order valence-corrected chi connectivity index (χ2v) is 6.46. The van der Waals surface area contributed by atoms with Crippen LogP contribution in [0.4, 0.5) is 5.69 Å². The number of hydrogen-bond acceptors (Lipinski definition) is 5. The number of hydrogen-bond donors (Lipinski definition) is 1. The molecule has 0 unspecified atom stereocenters. The van der Waals surface area contributed by atoms with Crippen molar-refractivity contribution in [1.29, 1.82) is 0 Å². The van der Waals surface area contributed by atoms with Gasteiger partial charge in [0, 0.05) is 17.0 Å². The number of non-ortho nitro benzene ring substituents is 1. The van der Waals surface area contributed by atoms with Crippen molar-refractivity contribution >= 4 is 29.1 Å². The van der Waals surface area contributed by atoms with E-state index in [0.29, 0.717) is 11.3 Å². The third-order valence-electron chi connectivity index (χ3n) is 3.25. The zero-order valence-electron chi connectivity index (χ0n) is 13.3. The van der Waals surface area contributed by atoms with Crippen LogP contribution in [0.25, 0.3) is 0 Å². The SMILES string of the molecule is C/C(=N/NC(=O)[C@H](C)Sc1ccccc1)c1ccc([N+](=O)[O-])cc1. The minimum Gasteiger partial charge on any atom is -0.272 e. The molecule has 6 nitrogen and oxygen atoms in total. The Morgan fingerprint density at radius 3 is 2.38 bits per heavy atom. The first-order valence-electron chi connectivity index (χ1n) is 7.28. The molecule has 2 rings (SSSR count). The Bertz CT molecular complexity index is 745. The van der Waals surface area contributed by atoms with Crippen molar-refractivity contribution in [3.63, 3.8) is 0 Å². The highest BCUT2D eigenvalue weighted by atomic mass is 32.2. The standard InChI is InChI=1S/C17H17N3O3S/c1-12(14-8-10-15(11-9-14)20(22)23)18-19-17(21)13(2)24-16-6-4-3-5-7-16/h3-11,13H,1-2H3,(H,19,21)/b18-12-/t13-/m0/s1. The molecule has 0 fully saturated rings. The Balaban J connectivity index is 1.95. The van der Waals surface area contributed by atoms with Gasteiger partial charge in [-0.05, 0) is 43.7 Å². The lowest BCUT2D eigenvalue weighted by Crippen LogP contribution is -2.27. The lowest BCUT2D eigenvalue weighted by Gasteiger charge is -2.10. The first-order chi connectivity index (χ1) is 11.5. The molecular weight excluding hydrogens is 326 g/mol. The van der Waals surface area contributed by atoms with Crippen LogP contribution in [-0.4, -0.2) is 21.8 Å². The lowest BCUT2D eigenvalue weighted by atomic mass is 10.1. The average Bonchev–Trinajstić information content (AvgIpc) is 2.60. The van der Waals surface area contributed by atoms with Gasteiger partial charge < -0.3 is 0 Å². The van der Waals surface area contributed by atoms with Gasteiger partial charge in [0.1, 0.15) is 0 Å². The number of amides is 1. The highest BCUT2D eigenvalue weighted by molar-refractivity contribution is 8.00. The van der Waals surface area contributed by atoms with Crippen LogP contribution in [0, 0.1) is 10.1 Å². The maximum atomic E-state index is 12.1. The van der Waals surface area contributed by atoms with E-state index < -0.39 is 4.92 Å². The summed E-state index contributed by atoms with van der Waals surface area (Å²) in [5.41, 5.74) is 3.84. The van der Waals surface area contributed by atoms with Crippen LogP contribution >= 0.6 is 11.8 Å². The summed E-state index contributed by atoms with van der Waals surface area (Å²) in [6.45, 7) is 3.54. The molecule has 0 spiro atoms. The number of nitro benzene ring substituents is 1. The number of benzene rings is 2. The van der Waals surface area contributed by atoms with Crippen molar-refractivity contribution in [1.82, 2.24) is 5.43 Å². The van der Waals surface area contributed by atoms with Crippen LogP contribution < -0.4 is 5.43 Å². The number of nitro groups is 1. The molecule has 0 aliphatic rings. The second-order valence-electron chi connectivity index (χ2n) is 5.05. The first kappa shape index (κ1) is 17.7. The molecule has 2 aromatic rings. The summed E-state index contributed by atoms with van der Waals surface area (Å²) in [5, 5.41) is 14.4. The number of nitrogens with one attached hydrogen (secondary N) is 1. The molecule has 0 radical (unpaired) electrons. The van der Waals surface area contributed by atoms with Crippen LogP contribution in [0.2, 0.25) is 0 Å².